The van der Waals surface area contributed by atoms with E-state index in [2.05, 4.69) is 13.0 Å². The van der Waals surface area contributed by atoms with E-state index in [0.29, 0.717) is 5.56 Å². The van der Waals surface area contributed by atoms with Gasteiger partial charge in [-0.3, -0.25) is 0 Å². The van der Waals surface area contributed by atoms with Crippen molar-refractivity contribution in [3.63, 3.8) is 0 Å². The van der Waals surface area contributed by atoms with Gasteiger partial charge in [0.2, 0.25) is 0 Å². The fourth-order valence-corrected chi connectivity index (χ4v) is 3.67. The molecule has 0 aliphatic heterocycles. The third-order valence-electron chi connectivity index (χ3n) is 4.97. The molecule has 1 fully saturated rings. The fourth-order valence-electron chi connectivity index (χ4n) is 3.67. The molecule has 22 heavy (non-hydrogen) atoms. The summed E-state index contributed by atoms with van der Waals surface area (Å²) in [5.74, 6) is 2.76. The lowest BCUT2D eigenvalue weighted by Gasteiger charge is -2.31. The van der Waals surface area contributed by atoms with Crippen molar-refractivity contribution in [2.24, 2.45) is 11.8 Å². The Morgan fingerprint density at radius 2 is 1.68 bits per heavy atom. The molecule has 0 N–H and O–H groups in total. The molecule has 2 unspecified atom stereocenters. The molecular weight excluding hydrogens is 270 g/mol. The van der Waals surface area contributed by atoms with Gasteiger partial charge in [0.15, 0.2) is 0 Å². The number of benzene rings is 1. The SMILES string of the molecule is CCCCC1CCCCC1CCCOc1ccc(C#N)cc1. The van der Waals surface area contributed by atoms with Gasteiger partial charge in [-0.1, -0.05) is 51.9 Å². The first-order valence-corrected chi connectivity index (χ1v) is 8.96. The highest BCUT2D eigenvalue weighted by Crippen LogP contribution is 2.36. The van der Waals surface area contributed by atoms with Gasteiger partial charge in [-0.15, -0.1) is 0 Å². The molecule has 0 aromatic heterocycles. The van der Waals surface area contributed by atoms with Crippen LogP contribution < -0.4 is 4.74 Å². The van der Waals surface area contributed by atoms with Crippen molar-refractivity contribution in [1.29, 1.82) is 5.26 Å². The van der Waals surface area contributed by atoms with Gasteiger partial charge in [-0.2, -0.15) is 5.26 Å². The summed E-state index contributed by atoms with van der Waals surface area (Å²) in [5.41, 5.74) is 0.688. The summed E-state index contributed by atoms with van der Waals surface area (Å²) in [6.45, 7) is 3.09. The maximum absolute atomic E-state index is 8.78. The smallest absolute Gasteiger partial charge is 0.119 e. The van der Waals surface area contributed by atoms with E-state index in [4.69, 9.17) is 10.00 Å². The third kappa shape index (κ3) is 5.37. The average molecular weight is 299 g/mol. The van der Waals surface area contributed by atoms with Crippen LogP contribution in [-0.4, -0.2) is 6.61 Å². The second kappa shape index (κ2) is 9.51. The zero-order valence-electron chi connectivity index (χ0n) is 13.9. The van der Waals surface area contributed by atoms with Crippen molar-refractivity contribution >= 4 is 0 Å². The van der Waals surface area contributed by atoms with Gasteiger partial charge >= 0.3 is 0 Å². The fraction of sp³-hybridized carbons (Fsp3) is 0.650. The van der Waals surface area contributed by atoms with Crippen LogP contribution >= 0.6 is 0 Å². The van der Waals surface area contributed by atoms with Crippen LogP contribution in [0.2, 0.25) is 0 Å². The number of ether oxygens (including phenoxy) is 1. The Morgan fingerprint density at radius 1 is 1.05 bits per heavy atom. The van der Waals surface area contributed by atoms with Gasteiger partial charge in [0.25, 0.3) is 0 Å². The van der Waals surface area contributed by atoms with Crippen LogP contribution in [0.1, 0.15) is 70.3 Å². The van der Waals surface area contributed by atoms with E-state index in [9.17, 15) is 0 Å². The molecule has 0 amide bonds. The van der Waals surface area contributed by atoms with Crippen molar-refractivity contribution in [3.05, 3.63) is 29.8 Å². The van der Waals surface area contributed by atoms with E-state index in [0.717, 1.165) is 30.6 Å². The van der Waals surface area contributed by atoms with Crippen LogP contribution in [0, 0.1) is 23.2 Å². The lowest BCUT2D eigenvalue weighted by atomic mass is 9.75. The minimum Gasteiger partial charge on any atom is -0.494 e. The zero-order chi connectivity index (χ0) is 15.6. The number of nitriles is 1. The van der Waals surface area contributed by atoms with Crippen LogP contribution in [0.4, 0.5) is 0 Å². The Morgan fingerprint density at radius 3 is 2.27 bits per heavy atom. The maximum Gasteiger partial charge on any atom is 0.119 e. The van der Waals surface area contributed by atoms with Gasteiger partial charge < -0.3 is 4.74 Å². The van der Waals surface area contributed by atoms with Gasteiger partial charge in [-0.05, 0) is 48.9 Å². The third-order valence-corrected chi connectivity index (χ3v) is 4.97. The molecule has 1 aromatic carbocycles. The molecule has 2 rings (SSSR count). The van der Waals surface area contributed by atoms with Gasteiger partial charge in [-0.25, -0.2) is 0 Å². The first kappa shape index (κ1) is 16.9. The Balaban J connectivity index is 1.68. The predicted molar refractivity (Wildman–Crippen MR) is 90.9 cm³/mol. The van der Waals surface area contributed by atoms with Crippen molar-refractivity contribution in [1.82, 2.24) is 0 Å². The van der Waals surface area contributed by atoms with Crippen molar-refractivity contribution in [2.75, 3.05) is 6.61 Å². The maximum atomic E-state index is 8.78. The molecule has 1 aliphatic carbocycles. The molecule has 1 aromatic rings. The summed E-state index contributed by atoms with van der Waals surface area (Å²) < 4.78 is 5.80. The Hall–Kier alpha value is -1.49. The number of hydrogen-bond donors (Lipinski definition) is 0. The minimum absolute atomic E-state index is 0.688. The average Bonchev–Trinajstić information content (AvgIpc) is 2.58. The van der Waals surface area contributed by atoms with Crippen LogP contribution in [0.25, 0.3) is 0 Å². The van der Waals surface area contributed by atoms with Crippen LogP contribution in [0.3, 0.4) is 0 Å². The van der Waals surface area contributed by atoms with E-state index in [1.54, 1.807) is 0 Å². The molecule has 2 atom stereocenters. The molecule has 0 saturated heterocycles. The Labute approximate surface area is 135 Å². The summed E-state index contributed by atoms with van der Waals surface area (Å²) in [6.07, 6.45) is 12.3. The van der Waals surface area contributed by atoms with Gasteiger partial charge in [0.1, 0.15) is 5.75 Å². The van der Waals surface area contributed by atoms with Gasteiger partial charge in [0.05, 0.1) is 18.2 Å². The quantitative estimate of drug-likeness (QED) is 0.576. The number of nitrogens with zero attached hydrogens (tertiary/aromatic N) is 1. The molecule has 0 radical (unpaired) electrons. The number of unbranched alkanes of at least 4 members (excludes halogenated alkanes) is 1. The zero-order valence-corrected chi connectivity index (χ0v) is 13.9. The largest absolute Gasteiger partial charge is 0.494 e. The molecule has 2 heteroatoms. The Bertz CT molecular complexity index is 460. The van der Waals surface area contributed by atoms with Crippen molar-refractivity contribution < 1.29 is 4.74 Å². The van der Waals surface area contributed by atoms with Crippen molar-refractivity contribution in [3.8, 4) is 11.8 Å². The van der Waals surface area contributed by atoms with E-state index < -0.39 is 0 Å². The van der Waals surface area contributed by atoms with Crippen molar-refractivity contribution in [2.45, 2.75) is 64.7 Å². The predicted octanol–water partition coefficient (Wildman–Crippen LogP) is 5.71. The van der Waals surface area contributed by atoms with E-state index >= 15 is 0 Å². The van der Waals surface area contributed by atoms with Crippen LogP contribution in [0.15, 0.2) is 24.3 Å². The highest BCUT2D eigenvalue weighted by molar-refractivity contribution is 5.34. The number of hydrogen-bond acceptors (Lipinski definition) is 2. The van der Waals surface area contributed by atoms with Gasteiger partial charge in [0, 0.05) is 0 Å². The molecule has 1 aliphatic rings. The van der Waals surface area contributed by atoms with E-state index in [1.165, 1.54) is 51.4 Å². The molecule has 0 spiro atoms. The lowest BCUT2D eigenvalue weighted by molar-refractivity contribution is 0.191. The second-order valence-electron chi connectivity index (χ2n) is 6.57. The Kier molecular flexibility index (Phi) is 7.30. The summed E-state index contributed by atoms with van der Waals surface area (Å²) in [5, 5.41) is 8.78. The summed E-state index contributed by atoms with van der Waals surface area (Å²) in [4.78, 5) is 0. The lowest BCUT2D eigenvalue weighted by Crippen LogP contribution is -2.20. The topological polar surface area (TPSA) is 33.0 Å². The molecule has 0 bridgehead atoms. The highest BCUT2D eigenvalue weighted by atomic mass is 16.5. The van der Waals surface area contributed by atoms with E-state index in [-0.39, 0.29) is 0 Å². The first-order valence-electron chi connectivity index (χ1n) is 8.96. The normalized spacial score (nSPS) is 21.3. The monoisotopic (exact) mass is 299 g/mol. The number of rotatable bonds is 8. The summed E-state index contributed by atoms with van der Waals surface area (Å²) in [7, 11) is 0. The van der Waals surface area contributed by atoms with Crippen LogP contribution in [-0.2, 0) is 0 Å². The first-order chi connectivity index (χ1) is 10.8. The standard InChI is InChI=1S/C20H29NO/c1-2-3-7-18-8-4-5-9-19(18)10-6-15-22-20-13-11-17(16-21)12-14-20/h11-14,18-19H,2-10,15H2,1H3. The molecule has 120 valence electrons. The molecular formula is C20H29NO. The second-order valence-corrected chi connectivity index (χ2v) is 6.57. The molecule has 0 heterocycles. The van der Waals surface area contributed by atoms with Crippen LogP contribution in [0.5, 0.6) is 5.75 Å². The van der Waals surface area contributed by atoms with E-state index in [1.807, 2.05) is 24.3 Å². The molecule has 1 saturated carbocycles. The highest BCUT2D eigenvalue weighted by Gasteiger charge is 2.23. The summed E-state index contributed by atoms with van der Waals surface area (Å²) in [6, 6.07) is 9.55. The molecule has 2 nitrogen and oxygen atoms in total. The summed E-state index contributed by atoms with van der Waals surface area (Å²) >= 11 is 0. The minimum atomic E-state index is 0.688.